The van der Waals surface area contributed by atoms with Gasteiger partial charge in [0.05, 0.1) is 6.61 Å². The van der Waals surface area contributed by atoms with Gasteiger partial charge in [0.1, 0.15) is 36.5 Å². The molecule has 5 nitrogen and oxygen atoms in total. The van der Waals surface area contributed by atoms with Gasteiger partial charge in [0.25, 0.3) is 0 Å². The second-order valence-corrected chi connectivity index (χ2v) is 16.4. The first-order valence-electron chi connectivity index (χ1n) is 12.1. The lowest BCUT2D eigenvalue weighted by Crippen LogP contribution is -2.65. The second-order valence-electron chi connectivity index (χ2n) is 10.5. The Bertz CT molecular complexity index is 988. The molecule has 2 aromatic rings. The molecule has 0 unspecified atom stereocenters. The van der Waals surface area contributed by atoms with Crippen LogP contribution in [0.4, 0.5) is 0 Å². The Kier molecular flexibility index (Phi) is 8.44. The molecule has 35 heavy (non-hydrogen) atoms. The standard InChI is InChI=1S/C28H36O5SSi/c1-7-18-29-25-24(33-35(5,6)28(2,3)4)23-22(31-27(25)34-21-16-12-9-13-17-21)19-30-26(32-23)20-14-10-8-11-15-20/h1,8-17,22-27H,18-19H2,2-6H3/t22-,23-,24+,25+,26-,27-/m1/s1. The number of hydrogen-bond donors (Lipinski definition) is 0. The van der Waals surface area contributed by atoms with Crippen LogP contribution in [0.25, 0.3) is 0 Å². The molecule has 0 saturated carbocycles. The lowest BCUT2D eigenvalue weighted by Gasteiger charge is -2.52. The van der Waals surface area contributed by atoms with Gasteiger partial charge in [0.2, 0.25) is 0 Å². The molecule has 0 radical (unpaired) electrons. The molecular formula is C28H36O5SSi. The van der Waals surface area contributed by atoms with Crippen LogP contribution in [-0.4, -0.2) is 51.4 Å². The third kappa shape index (κ3) is 6.20. The minimum absolute atomic E-state index is 0.0174. The van der Waals surface area contributed by atoms with Crippen LogP contribution in [-0.2, 0) is 23.4 Å². The number of fused-ring (bicyclic) bond motifs is 1. The maximum absolute atomic E-state index is 7.05. The van der Waals surface area contributed by atoms with Crippen LogP contribution in [0.2, 0.25) is 18.1 Å². The number of hydrogen-bond acceptors (Lipinski definition) is 6. The van der Waals surface area contributed by atoms with Gasteiger partial charge in [0, 0.05) is 10.5 Å². The topological polar surface area (TPSA) is 46.2 Å². The summed E-state index contributed by atoms with van der Waals surface area (Å²) in [6, 6.07) is 20.2. The number of benzene rings is 2. The summed E-state index contributed by atoms with van der Waals surface area (Å²) in [5.74, 6) is 2.62. The van der Waals surface area contributed by atoms with E-state index in [2.05, 4.69) is 51.9 Å². The van der Waals surface area contributed by atoms with Crippen LogP contribution < -0.4 is 0 Å². The van der Waals surface area contributed by atoms with Gasteiger partial charge in [-0.2, -0.15) is 0 Å². The van der Waals surface area contributed by atoms with Gasteiger partial charge in [-0.25, -0.2) is 0 Å². The van der Waals surface area contributed by atoms with Crippen molar-refractivity contribution in [2.75, 3.05) is 13.2 Å². The zero-order valence-corrected chi connectivity index (χ0v) is 23.0. The third-order valence-electron chi connectivity index (χ3n) is 6.95. The molecule has 2 aliphatic rings. The predicted octanol–water partition coefficient (Wildman–Crippen LogP) is 6.03. The first-order chi connectivity index (χ1) is 16.7. The van der Waals surface area contributed by atoms with Crippen molar-refractivity contribution in [2.45, 2.75) is 79.9 Å². The summed E-state index contributed by atoms with van der Waals surface area (Å²) < 4.78 is 32.6. The average molecular weight is 513 g/mol. The van der Waals surface area contributed by atoms with Gasteiger partial charge in [-0.1, -0.05) is 87.0 Å². The maximum atomic E-state index is 7.05. The van der Waals surface area contributed by atoms with E-state index in [0.717, 1.165) is 10.5 Å². The molecule has 7 heteroatoms. The molecule has 2 aliphatic heterocycles. The summed E-state index contributed by atoms with van der Waals surface area (Å²) in [6.45, 7) is 11.8. The highest BCUT2D eigenvalue weighted by molar-refractivity contribution is 7.99. The van der Waals surface area contributed by atoms with Crippen LogP contribution in [0.1, 0.15) is 32.6 Å². The lowest BCUT2D eigenvalue weighted by atomic mass is 9.98. The molecule has 2 saturated heterocycles. The molecule has 0 aromatic heterocycles. The summed E-state index contributed by atoms with van der Waals surface area (Å²) in [4.78, 5) is 1.09. The number of ether oxygens (including phenoxy) is 4. The van der Waals surface area contributed by atoms with Crippen molar-refractivity contribution in [3.8, 4) is 12.3 Å². The largest absolute Gasteiger partial charge is 0.408 e. The Hall–Kier alpha value is -1.63. The molecule has 4 rings (SSSR count). The minimum atomic E-state index is -2.19. The summed E-state index contributed by atoms with van der Waals surface area (Å²) in [5.41, 5.74) is 0.654. The molecule has 0 amide bonds. The van der Waals surface area contributed by atoms with Crippen LogP contribution >= 0.6 is 11.8 Å². The molecule has 6 atom stereocenters. The van der Waals surface area contributed by atoms with Gasteiger partial charge < -0.3 is 23.4 Å². The monoisotopic (exact) mass is 512 g/mol. The lowest BCUT2D eigenvalue weighted by molar-refractivity contribution is -0.319. The van der Waals surface area contributed by atoms with E-state index in [1.165, 1.54) is 0 Å². The zero-order chi connectivity index (χ0) is 25.1. The van der Waals surface area contributed by atoms with E-state index in [0.29, 0.717) is 6.61 Å². The minimum Gasteiger partial charge on any atom is -0.408 e. The number of thioether (sulfide) groups is 1. The molecular weight excluding hydrogens is 476 g/mol. The van der Waals surface area contributed by atoms with Gasteiger partial charge in [-0.05, 0) is 30.3 Å². The van der Waals surface area contributed by atoms with Gasteiger partial charge in [-0.3, -0.25) is 0 Å². The normalized spacial score (nSPS) is 29.3. The molecule has 0 spiro atoms. The van der Waals surface area contributed by atoms with E-state index in [9.17, 15) is 0 Å². The second kappa shape index (κ2) is 11.2. The van der Waals surface area contributed by atoms with E-state index < -0.39 is 20.7 Å². The van der Waals surface area contributed by atoms with Gasteiger partial charge >= 0.3 is 0 Å². The summed E-state index contributed by atoms with van der Waals surface area (Å²) in [7, 11) is -2.19. The molecule has 188 valence electrons. The summed E-state index contributed by atoms with van der Waals surface area (Å²) >= 11 is 1.62. The smallest absolute Gasteiger partial charge is 0.192 e. The Morgan fingerprint density at radius 3 is 2.29 bits per heavy atom. The highest BCUT2D eigenvalue weighted by Crippen LogP contribution is 2.45. The van der Waals surface area contributed by atoms with Crippen LogP contribution in [0.3, 0.4) is 0 Å². The summed E-state index contributed by atoms with van der Waals surface area (Å²) in [6.07, 6.45) is 3.74. The van der Waals surface area contributed by atoms with Crippen LogP contribution in [0.5, 0.6) is 0 Å². The zero-order valence-electron chi connectivity index (χ0n) is 21.2. The number of terminal acetylenes is 1. The fourth-order valence-electron chi connectivity index (χ4n) is 4.03. The van der Waals surface area contributed by atoms with Crippen LogP contribution in [0.15, 0.2) is 65.6 Å². The van der Waals surface area contributed by atoms with Crippen LogP contribution in [0, 0.1) is 12.3 Å². The molecule has 0 N–H and O–H groups in total. The SMILES string of the molecule is C#CCO[C@H]1[C@@H](O[Si](C)(C)C(C)(C)C)[C@@H]2O[C@H](c3ccccc3)OC[C@H]2O[C@@H]1Sc1ccccc1. The fourth-order valence-corrected chi connectivity index (χ4v) is 6.48. The van der Waals surface area contributed by atoms with Crippen molar-refractivity contribution < 1.29 is 23.4 Å². The Labute approximate surface area is 215 Å². The Morgan fingerprint density at radius 1 is 1.00 bits per heavy atom. The first kappa shape index (κ1) is 26.4. The van der Waals surface area contributed by atoms with Crippen molar-refractivity contribution in [1.29, 1.82) is 0 Å². The molecule has 0 bridgehead atoms. The van der Waals surface area contributed by atoms with Crippen molar-refractivity contribution in [3.05, 3.63) is 66.2 Å². The van der Waals surface area contributed by atoms with Gasteiger partial charge in [0.15, 0.2) is 14.6 Å². The molecule has 2 aromatic carbocycles. The van der Waals surface area contributed by atoms with E-state index >= 15 is 0 Å². The predicted molar refractivity (Wildman–Crippen MR) is 142 cm³/mol. The Morgan fingerprint density at radius 2 is 1.66 bits per heavy atom. The first-order valence-corrected chi connectivity index (χ1v) is 15.9. The molecule has 2 fully saturated rings. The quantitative estimate of drug-likeness (QED) is 0.334. The van der Waals surface area contributed by atoms with Gasteiger partial charge in [-0.15, -0.1) is 6.42 Å². The fraction of sp³-hybridized carbons (Fsp3) is 0.500. The van der Waals surface area contributed by atoms with E-state index in [1.54, 1.807) is 11.8 Å². The average Bonchev–Trinajstić information content (AvgIpc) is 2.84. The highest BCUT2D eigenvalue weighted by Gasteiger charge is 2.54. The molecule has 0 aliphatic carbocycles. The van der Waals surface area contributed by atoms with E-state index in [-0.39, 0.29) is 35.4 Å². The number of rotatable bonds is 7. The summed E-state index contributed by atoms with van der Waals surface area (Å²) in [5, 5.41) is 0.0174. The van der Waals surface area contributed by atoms with Crippen molar-refractivity contribution in [2.24, 2.45) is 0 Å². The molecule has 2 heterocycles. The van der Waals surface area contributed by atoms with E-state index in [1.807, 2.05) is 48.5 Å². The van der Waals surface area contributed by atoms with Crippen molar-refractivity contribution >= 4 is 20.1 Å². The van der Waals surface area contributed by atoms with E-state index in [4.69, 9.17) is 29.8 Å². The highest BCUT2D eigenvalue weighted by atomic mass is 32.2. The van der Waals surface area contributed by atoms with Crippen molar-refractivity contribution in [1.82, 2.24) is 0 Å². The third-order valence-corrected chi connectivity index (χ3v) is 12.6. The van der Waals surface area contributed by atoms with Crippen molar-refractivity contribution in [3.63, 3.8) is 0 Å². The maximum Gasteiger partial charge on any atom is 0.192 e. The Balaban J connectivity index is 1.67.